The molecule has 0 aliphatic carbocycles. The lowest BCUT2D eigenvalue weighted by molar-refractivity contribution is -0.167. The maximum atomic E-state index is 12.9. The Morgan fingerprint density at radius 1 is 0.280 bits per heavy atom. The van der Waals surface area contributed by atoms with Gasteiger partial charge in [-0.3, -0.25) is 14.4 Å². The average Bonchev–Trinajstić information content (AvgIpc) is 3.41. The lowest BCUT2D eigenvalue weighted by Gasteiger charge is -2.18. The van der Waals surface area contributed by atoms with Crippen molar-refractivity contribution < 1.29 is 28.6 Å². The number of ether oxygens (including phenoxy) is 3. The summed E-state index contributed by atoms with van der Waals surface area (Å²) in [5.41, 5.74) is 0. The Bertz CT molecular complexity index is 1520. The minimum absolute atomic E-state index is 0.0858. The van der Waals surface area contributed by atoms with E-state index in [1.165, 1.54) is 128 Å². The SMILES string of the molecule is CC/C=C\C/C=C\C/C=C\C/C=C\C/C=C\C/C=C\C/C=C\C/C=C\CCCCCCC(=O)OCC(COC(=O)CCCCCCCCCCC)OC(=O)CCCCCCCCCCC/C=C\CCCCCCCC. The third-order valence-corrected chi connectivity index (χ3v) is 13.3. The first-order chi connectivity index (χ1) is 37.0. The molecule has 0 N–H and O–H groups in total. The van der Waals surface area contributed by atoms with Crippen molar-refractivity contribution in [3.05, 3.63) is 109 Å². The minimum Gasteiger partial charge on any atom is -0.462 e. The van der Waals surface area contributed by atoms with Crippen molar-refractivity contribution in [1.82, 2.24) is 0 Å². The van der Waals surface area contributed by atoms with Crippen LogP contribution >= 0.6 is 0 Å². The fourth-order valence-corrected chi connectivity index (χ4v) is 8.57. The molecule has 0 aromatic rings. The largest absolute Gasteiger partial charge is 0.462 e. The molecule has 0 rings (SSSR count). The maximum absolute atomic E-state index is 12.9. The molecule has 0 heterocycles. The van der Waals surface area contributed by atoms with Crippen LogP contribution in [-0.2, 0) is 28.6 Å². The lowest BCUT2D eigenvalue weighted by Crippen LogP contribution is -2.30. The van der Waals surface area contributed by atoms with E-state index in [1.54, 1.807) is 0 Å². The smallest absolute Gasteiger partial charge is 0.306 e. The van der Waals surface area contributed by atoms with E-state index in [4.69, 9.17) is 14.2 Å². The second-order valence-electron chi connectivity index (χ2n) is 20.6. The van der Waals surface area contributed by atoms with Crippen LogP contribution in [0.5, 0.6) is 0 Å². The van der Waals surface area contributed by atoms with Gasteiger partial charge in [0.25, 0.3) is 0 Å². The highest BCUT2D eigenvalue weighted by Crippen LogP contribution is 2.15. The first-order valence-corrected chi connectivity index (χ1v) is 31.4. The number of rotatable bonds is 56. The zero-order valence-corrected chi connectivity index (χ0v) is 49.0. The van der Waals surface area contributed by atoms with Gasteiger partial charge in [0.2, 0.25) is 0 Å². The van der Waals surface area contributed by atoms with E-state index < -0.39 is 6.10 Å². The van der Waals surface area contributed by atoms with Crippen LogP contribution < -0.4 is 0 Å². The van der Waals surface area contributed by atoms with Gasteiger partial charge in [0, 0.05) is 19.3 Å². The third-order valence-electron chi connectivity index (χ3n) is 13.3. The molecule has 75 heavy (non-hydrogen) atoms. The van der Waals surface area contributed by atoms with Crippen molar-refractivity contribution in [2.75, 3.05) is 13.2 Å². The van der Waals surface area contributed by atoms with Crippen molar-refractivity contribution in [3.63, 3.8) is 0 Å². The molecule has 0 amide bonds. The van der Waals surface area contributed by atoms with Gasteiger partial charge in [-0.2, -0.15) is 0 Å². The van der Waals surface area contributed by atoms with Crippen LogP contribution in [0.25, 0.3) is 0 Å². The Morgan fingerprint density at radius 3 is 0.827 bits per heavy atom. The number of esters is 3. The Morgan fingerprint density at radius 2 is 0.520 bits per heavy atom. The number of carbonyl (C=O) groups is 3. The van der Waals surface area contributed by atoms with Crippen molar-refractivity contribution in [2.24, 2.45) is 0 Å². The standard InChI is InChI=1S/C69H116O6/c1-4-7-10-13-16-19-21-23-25-27-29-30-31-32-33-34-35-36-37-38-40-41-43-45-47-50-53-56-59-62-68(71)74-65-66(64-73-67(70)61-58-55-52-49-18-15-12-9-6-3)75-69(72)63-60-57-54-51-48-46-44-42-39-28-26-24-22-20-17-14-11-8-5-2/h7,10,16,19,23-26,29-30,32-33,35-36,38,40,43,45,66H,4-6,8-9,11-15,17-18,20-22,27-28,31,34,37,39,41-42,44,46-65H2,1-3H3/b10-7-,19-16-,25-23-,26-24-,30-29-,33-32-,36-35-,40-38-,45-43-. The molecule has 0 radical (unpaired) electrons. The number of hydrogen-bond acceptors (Lipinski definition) is 6. The maximum Gasteiger partial charge on any atom is 0.306 e. The zero-order valence-electron chi connectivity index (χ0n) is 49.0. The van der Waals surface area contributed by atoms with Crippen molar-refractivity contribution in [3.8, 4) is 0 Å². The quantitative estimate of drug-likeness (QED) is 0.0261. The summed E-state index contributed by atoms with van der Waals surface area (Å²) in [6, 6.07) is 0. The Hall–Kier alpha value is -3.93. The van der Waals surface area contributed by atoms with Gasteiger partial charge in [-0.05, 0) is 109 Å². The van der Waals surface area contributed by atoms with Gasteiger partial charge in [0.05, 0.1) is 0 Å². The molecule has 428 valence electrons. The lowest BCUT2D eigenvalue weighted by atomic mass is 10.1. The monoisotopic (exact) mass is 1040 g/mol. The second-order valence-corrected chi connectivity index (χ2v) is 20.6. The first-order valence-electron chi connectivity index (χ1n) is 31.4. The molecule has 0 saturated carbocycles. The van der Waals surface area contributed by atoms with Gasteiger partial charge in [-0.15, -0.1) is 0 Å². The molecule has 6 heteroatoms. The number of carbonyl (C=O) groups excluding carboxylic acids is 3. The summed E-state index contributed by atoms with van der Waals surface area (Å²) in [5, 5.41) is 0. The fraction of sp³-hybridized carbons (Fsp3) is 0.696. The Labute approximate surface area is 463 Å². The number of hydrogen-bond donors (Lipinski definition) is 0. The summed E-state index contributed by atoms with van der Waals surface area (Å²) < 4.78 is 16.8. The summed E-state index contributed by atoms with van der Waals surface area (Å²) >= 11 is 0. The normalized spacial score (nSPS) is 12.8. The van der Waals surface area contributed by atoms with Crippen LogP contribution in [0.1, 0.15) is 290 Å². The molecule has 0 bridgehead atoms. The molecule has 0 spiro atoms. The molecular formula is C69H116O6. The third kappa shape index (κ3) is 60.8. The topological polar surface area (TPSA) is 78.9 Å². The first kappa shape index (κ1) is 71.1. The summed E-state index contributed by atoms with van der Waals surface area (Å²) in [5.74, 6) is -0.912. The van der Waals surface area contributed by atoms with E-state index in [-0.39, 0.29) is 31.1 Å². The number of unbranched alkanes of at least 4 members (excludes halogenated alkanes) is 27. The predicted molar refractivity (Wildman–Crippen MR) is 325 cm³/mol. The molecule has 1 unspecified atom stereocenters. The highest BCUT2D eigenvalue weighted by molar-refractivity contribution is 5.71. The predicted octanol–water partition coefficient (Wildman–Crippen LogP) is 21.4. The minimum atomic E-state index is -0.789. The van der Waals surface area contributed by atoms with Gasteiger partial charge in [0.15, 0.2) is 6.10 Å². The van der Waals surface area contributed by atoms with E-state index in [0.717, 1.165) is 122 Å². The molecule has 0 aliphatic heterocycles. The van der Waals surface area contributed by atoms with Crippen molar-refractivity contribution in [2.45, 2.75) is 297 Å². The molecule has 6 nitrogen and oxygen atoms in total. The van der Waals surface area contributed by atoms with Crippen LogP contribution in [0.2, 0.25) is 0 Å². The number of allylic oxidation sites excluding steroid dienone is 18. The van der Waals surface area contributed by atoms with Gasteiger partial charge in [0.1, 0.15) is 13.2 Å². The van der Waals surface area contributed by atoms with Gasteiger partial charge in [-0.25, -0.2) is 0 Å². The molecular weight excluding hydrogens is 925 g/mol. The second kappa shape index (κ2) is 62.6. The molecule has 0 aromatic carbocycles. The van der Waals surface area contributed by atoms with Crippen LogP contribution in [0.3, 0.4) is 0 Å². The van der Waals surface area contributed by atoms with Crippen LogP contribution in [0.4, 0.5) is 0 Å². The van der Waals surface area contributed by atoms with Gasteiger partial charge < -0.3 is 14.2 Å². The summed E-state index contributed by atoms with van der Waals surface area (Å²) in [7, 11) is 0. The van der Waals surface area contributed by atoms with E-state index in [2.05, 4.69) is 130 Å². The Kier molecular flexibility index (Phi) is 59.3. The van der Waals surface area contributed by atoms with Crippen LogP contribution in [-0.4, -0.2) is 37.2 Å². The van der Waals surface area contributed by atoms with Crippen LogP contribution in [0.15, 0.2) is 109 Å². The molecule has 0 aliphatic rings. The summed E-state index contributed by atoms with van der Waals surface area (Å²) in [4.78, 5) is 38.1. The Balaban J connectivity index is 4.30. The average molecular weight is 1040 g/mol. The zero-order chi connectivity index (χ0) is 54.3. The van der Waals surface area contributed by atoms with Crippen LogP contribution in [0, 0.1) is 0 Å². The molecule has 1 atom stereocenters. The van der Waals surface area contributed by atoms with E-state index >= 15 is 0 Å². The molecule has 0 fully saturated rings. The molecule has 0 aromatic heterocycles. The summed E-state index contributed by atoms with van der Waals surface area (Å²) in [6.45, 7) is 6.49. The van der Waals surface area contributed by atoms with Crippen molar-refractivity contribution in [1.29, 1.82) is 0 Å². The van der Waals surface area contributed by atoms with E-state index in [0.29, 0.717) is 19.3 Å². The molecule has 0 saturated heterocycles. The van der Waals surface area contributed by atoms with E-state index in [9.17, 15) is 14.4 Å². The van der Waals surface area contributed by atoms with Gasteiger partial charge in [-0.1, -0.05) is 271 Å². The fourth-order valence-electron chi connectivity index (χ4n) is 8.57. The van der Waals surface area contributed by atoms with E-state index in [1.807, 2.05) is 0 Å². The highest BCUT2D eigenvalue weighted by Gasteiger charge is 2.19. The highest BCUT2D eigenvalue weighted by atomic mass is 16.6. The van der Waals surface area contributed by atoms with Crippen molar-refractivity contribution >= 4 is 17.9 Å². The summed E-state index contributed by atoms with van der Waals surface area (Å²) in [6.07, 6.45) is 85.3. The van der Waals surface area contributed by atoms with Gasteiger partial charge >= 0.3 is 17.9 Å².